The Morgan fingerprint density at radius 2 is 2.16 bits per heavy atom. The average molecular weight is 267 g/mol. The van der Waals surface area contributed by atoms with E-state index < -0.39 is 0 Å². The van der Waals surface area contributed by atoms with E-state index in [0.717, 1.165) is 31.6 Å². The fourth-order valence-corrected chi connectivity index (χ4v) is 2.66. The van der Waals surface area contributed by atoms with Crippen LogP contribution in [0.5, 0.6) is 0 Å². The van der Waals surface area contributed by atoms with Crippen molar-refractivity contribution in [3.8, 4) is 0 Å². The summed E-state index contributed by atoms with van der Waals surface area (Å²) in [6.45, 7) is 7.48. The van der Waals surface area contributed by atoms with E-state index >= 15 is 0 Å². The van der Waals surface area contributed by atoms with Gasteiger partial charge in [0, 0.05) is 19.1 Å². The minimum Gasteiger partial charge on any atom is -0.367 e. The highest BCUT2D eigenvalue weighted by Gasteiger charge is 2.41. The van der Waals surface area contributed by atoms with Gasteiger partial charge in [0.05, 0.1) is 0 Å². The van der Waals surface area contributed by atoms with E-state index in [0.29, 0.717) is 24.9 Å². The third-order valence-corrected chi connectivity index (χ3v) is 4.13. The minimum atomic E-state index is -0.350. The van der Waals surface area contributed by atoms with Gasteiger partial charge < -0.3 is 15.0 Å². The van der Waals surface area contributed by atoms with E-state index in [4.69, 9.17) is 15.0 Å². The highest BCUT2D eigenvalue weighted by atomic mass is 16.5. The largest absolute Gasteiger partial charge is 0.367 e. The van der Waals surface area contributed by atoms with Crippen molar-refractivity contribution in [2.75, 3.05) is 13.2 Å². The molecule has 2 N–H and O–H groups in total. The predicted molar refractivity (Wildman–Crippen MR) is 72.7 cm³/mol. The fraction of sp³-hybridized carbons (Fsp3) is 0.857. The lowest BCUT2D eigenvalue weighted by Crippen LogP contribution is -2.35. The molecular weight excluding hydrogens is 242 g/mol. The van der Waals surface area contributed by atoms with E-state index in [1.165, 1.54) is 0 Å². The van der Waals surface area contributed by atoms with E-state index in [9.17, 15) is 0 Å². The Hall–Kier alpha value is -0.940. The number of ether oxygens (including phenoxy) is 1. The summed E-state index contributed by atoms with van der Waals surface area (Å²) < 4.78 is 11.4. The first kappa shape index (κ1) is 14.5. The van der Waals surface area contributed by atoms with Gasteiger partial charge in [-0.3, -0.25) is 0 Å². The standard InChI is InChI=1S/C14H25N3O2/c1-4-18-14(7-5-10(2)6-8-14)13-16-12(19-17-13)11(3)9-15/h10-11H,4-9,15H2,1-3H3. The van der Waals surface area contributed by atoms with E-state index in [2.05, 4.69) is 17.1 Å². The molecule has 1 fully saturated rings. The molecule has 0 spiro atoms. The number of aromatic nitrogens is 2. The van der Waals surface area contributed by atoms with Crippen LogP contribution in [0.25, 0.3) is 0 Å². The number of rotatable bonds is 5. The second-order valence-corrected chi connectivity index (χ2v) is 5.70. The summed E-state index contributed by atoms with van der Waals surface area (Å²) in [5.41, 5.74) is 5.29. The molecule has 1 aliphatic rings. The normalized spacial score (nSPS) is 29.4. The molecule has 0 aromatic carbocycles. The zero-order chi connectivity index (χ0) is 13.9. The molecule has 0 saturated heterocycles. The summed E-state index contributed by atoms with van der Waals surface area (Å²) in [6, 6.07) is 0. The van der Waals surface area contributed by atoms with E-state index in [1.54, 1.807) is 0 Å². The Labute approximate surface area is 114 Å². The molecule has 19 heavy (non-hydrogen) atoms. The highest BCUT2D eigenvalue weighted by molar-refractivity contribution is 5.05. The van der Waals surface area contributed by atoms with Crippen LogP contribution in [0.1, 0.15) is 64.1 Å². The first-order chi connectivity index (χ1) is 9.11. The molecule has 0 bridgehead atoms. The van der Waals surface area contributed by atoms with Crippen LogP contribution in [0, 0.1) is 5.92 Å². The first-order valence-corrected chi connectivity index (χ1v) is 7.29. The van der Waals surface area contributed by atoms with Crippen LogP contribution in [0.4, 0.5) is 0 Å². The van der Waals surface area contributed by atoms with Crippen molar-refractivity contribution in [3.05, 3.63) is 11.7 Å². The van der Waals surface area contributed by atoms with Crippen LogP contribution in [0.3, 0.4) is 0 Å². The molecule has 2 rings (SSSR count). The molecular formula is C14H25N3O2. The van der Waals surface area contributed by atoms with Crippen molar-refractivity contribution in [3.63, 3.8) is 0 Å². The van der Waals surface area contributed by atoms with Crippen molar-refractivity contribution in [1.82, 2.24) is 10.1 Å². The van der Waals surface area contributed by atoms with Crippen molar-refractivity contribution in [1.29, 1.82) is 0 Å². The maximum absolute atomic E-state index is 6.02. The van der Waals surface area contributed by atoms with Gasteiger partial charge >= 0.3 is 0 Å². The van der Waals surface area contributed by atoms with E-state index in [1.807, 2.05) is 13.8 Å². The molecule has 5 heteroatoms. The second-order valence-electron chi connectivity index (χ2n) is 5.70. The summed E-state index contributed by atoms with van der Waals surface area (Å²) in [5.74, 6) is 2.18. The van der Waals surface area contributed by atoms with Gasteiger partial charge in [-0.05, 0) is 38.5 Å². The maximum Gasteiger partial charge on any atom is 0.230 e. The Bertz CT molecular complexity index is 397. The van der Waals surface area contributed by atoms with Crippen LogP contribution in [0.2, 0.25) is 0 Å². The molecule has 1 aromatic rings. The van der Waals surface area contributed by atoms with Crippen molar-refractivity contribution < 1.29 is 9.26 Å². The SMILES string of the molecule is CCOC1(c2noc(C(C)CN)n2)CCC(C)CC1. The summed E-state index contributed by atoms with van der Waals surface area (Å²) in [7, 11) is 0. The molecule has 1 atom stereocenters. The zero-order valence-corrected chi connectivity index (χ0v) is 12.2. The highest BCUT2D eigenvalue weighted by Crippen LogP contribution is 2.41. The maximum atomic E-state index is 6.02. The summed E-state index contributed by atoms with van der Waals surface area (Å²) in [6.07, 6.45) is 4.24. The number of hydrogen-bond acceptors (Lipinski definition) is 5. The van der Waals surface area contributed by atoms with Gasteiger partial charge in [0.1, 0.15) is 5.60 Å². The lowest BCUT2D eigenvalue weighted by molar-refractivity contribution is -0.0847. The van der Waals surface area contributed by atoms with Crippen LogP contribution >= 0.6 is 0 Å². The van der Waals surface area contributed by atoms with Gasteiger partial charge in [-0.1, -0.05) is 19.0 Å². The van der Waals surface area contributed by atoms with Crippen molar-refractivity contribution >= 4 is 0 Å². The quantitative estimate of drug-likeness (QED) is 0.887. The third-order valence-electron chi connectivity index (χ3n) is 4.13. The monoisotopic (exact) mass is 267 g/mol. The predicted octanol–water partition coefficient (Wildman–Crippen LogP) is 2.57. The third kappa shape index (κ3) is 2.98. The smallest absolute Gasteiger partial charge is 0.230 e. The van der Waals surface area contributed by atoms with Gasteiger partial charge in [-0.25, -0.2) is 0 Å². The number of nitrogens with two attached hydrogens (primary N) is 1. The fourth-order valence-electron chi connectivity index (χ4n) is 2.66. The Kier molecular flexibility index (Phi) is 4.58. The van der Waals surface area contributed by atoms with Gasteiger partial charge in [0.2, 0.25) is 11.7 Å². The van der Waals surface area contributed by atoms with Crippen molar-refractivity contribution in [2.24, 2.45) is 11.7 Å². The Balaban J connectivity index is 2.21. The number of hydrogen-bond donors (Lipinski definition) is 1. The van der Waals surface area contributed by atoms with Gasteiger partial charge in [-0.2, -0.15) is 4.98 Å². The Morgan fingerprint density at radius 3 is 2.74 bits per heavy atom. The molecule has 1 heterocycles. The van der Waals surface area contributed by atoms with Crippen LogP contribution in [-0.4, -0.2) is 23.3 Å². The summed E-state index contributed by atoms with van der Waals surface area (Å²) in [4.78, 5) is 4.54. The first-order valence-electron chi connectivity index (χ1n) is 7.29. The van der Waals surface area contributed by atoms with E-state index in [-0.39, 0.29) is 11.5 Å². The second kappa shape index (κ2) is 6.01. The molecule has 0 amide bonds. The van der Waals surface area contributed by atoms with Crippen LogP contribution in [-0.2, 0) is 10.3 Å². The molecule has 1 saturated carbocycles. The summed E-state index contributed by atoms with van der Waals surface area (Å²) >= 11 is 0. The van der Waals surface area contributed by atoms with Crippen molar-refractivity contribution in [2.45, 2.75) is 58.0 Å². The van der Waals surface area contributed by atoms with Gasteiger partial charge in [-0.15, -0.1) is 0 Å². The van der Waals surface area contributed by atoms with Crippen LogP contribution < -0.4 is 5.73 Å². The number of nitrogens with zero attached hydrogens (tertiary/aromatic N) is 2. The van der Waals surface area contributed by atoms with Gasteiger partial charge in [0.15, 0.2) is 0 Å². The summed E-state index contributed by atoms with van der Waals surface area (Å²) in [5, 5.41) is 4.16. The van der Waals surface area contributed by atoms with Gasteiger partial charge in [0.25, 0.3) is 0 Å². The molecule has 108 valence electrons. The molecule has 5 nitrogen and oxygen atoms in total. The lowest BCUT2D eigenvalue weighted by Gasteiger charge is -2.36. The average Bonchev–Trinajstić information content (AvgIpc) is 2.91. The molecule has 1 aliphatic carbocycles. The lowest BCUT2D eigenvalue weighted by atomic mass is 9.79. The minimum absolute atomic E-state index is 0.0995. The molecule has 0 radical (unpaired) electrons. The topological polar surface area (TPSA) is 74.2 Å². The van der Waals surface area contributed by atoms with Crippen LogP contribution in [0.15, 0.2) is 4.52 Å². The molecule has 1 unspecified atom stereocenters. The zero-order valence-electron chi connectivity index (χ0n) is 12.2. The molecule has 0 aliphatic heterocycles. The Morgan fingerprint density at radius 1 is 1.47 bits per heavy atom. The molecule has 1 aromatic heterocycles.